The molecule has 138 valence electrons. The molecule has 7 nitrogen and oxygen atoms in total. The largest absolute Gasteiger partial charge is 0.457 e. The molecule has 0 radical (unpaired) electrons. The van der Waals surface area contributed by atoms with E-state index < -0.39 is 29.4 Å². The summed E-state index contributed by atoms with van der Waals surface area (Å²) >= 11 is 0. The molecule has 1 aliphatic carbocycles. The van der Waals surface area contributed by atoms with Crippen LogP contribution < -0.4 is 5.32 Å². The van der Waals surface area contributed by atoms with Crippen molar-refractivity contribution in [2.24, 2.45) is 5.41 Å². The van der Waals surface area contributed by atoms with Crippen LogP contribution in [0, 0.1) is 5.41 Å². The van der Waals surface area contributed by atoms with Crippen LogP contribution in [0.25, 0.3) is 0 Å². The molecule has 1 aliphatic rings. The molecule has 1 atom stereocenters. The van der Waals surface area contributed by atoms with Crippen molar-refractivity contribution in [3.05, 3.63) is 0 Å². The second-order valence-electron chi connectivity index (χ2n) is 7.32. The van der Waals surface area contributed by atoms with Crippen molar-refractivity contribution in [1.82, 2.24) is 5.32 Å². The Morgan fingerprint density at radius 1 is 1.08 bits per heavy atom. The summed E-state index contributed by atoms with van der Waals surface area (Å²) in [5.74, 6) is -0.814. The second-order valence-corrected chi connectivity index (χ2v) is 7.32. The van der Waals surface area contributed by atoms with Crippen molar-refractivity contribution in [3.63, 3.8) is 0 Å². The maximum atomic E-state index is 11.9. The molecule has 1 fully saturated rings. The van der Waals surface area contributed by atoms with Crippen molar-refractivity contribution < 1.29 is 28.6 Å². The zero-order chi connectivity index (χ0) is 18.4. The van der Waals surface area contributed by atoms with E-state index in [0.717, 1.165) is 19.3 Å². The quantitative estimate of drug-likeness (QED) is 0.610. The van der Waals surface area contributed by atoms with Gasteiger partial charge in [0, 0.05) is 13.8 Å². The van der Waals surface area contributed by atoms with Crippen LogP contribution in [0.4, 0.5) is 4.79 Å². The van der Waals surface area contributed by atoms with E-state index in [2.05, 4.69) is 5.32 Å². The van der Waals surface area contributed by atoms with E-state index in [-0.39, 0.29) is 12.5 Å². The molecule has 1 saturated carbocycles. The van der Waals surface area contributed by atoms with Crippen LogP contribution in [-0.4, -0.2) is 36.5 Å². The molecule has 0 aromatic carbocycles. The standard InChI is InChI=1S/C17H29NO6/c1-12(19)24-17(9-7-6-8-10-17)11-18-15(21)23-13(2)22-14(20)16(3,4)5/h13H,6-11H2,1-5H3,(H,18,21). The van der Waals surface area contributed by atoms with Gasteiger partial charge in [-0.15, -0.1) is 0 Å². The Bertz CT molecular complexity index is 462. The van der Waals surface area contributed by atoms with E-state index >= 15 is 0 Å². The number of hydrogen-bond acceptors (Lipinski definition) is 6. The first-order chi connectivity index (χ1) is 11.0. The summed E-state index contributed by atoms with van der Waals surface area (Å²) in [6, 6.07) is 0. The van der Waals surface area contributed by atoms with E-state index in [1.165, 1.54) is 13.8 Å². The fraction of sp³-hybridized carbons (Fsp3) is 0.824. The van der Waals surface area contributed by atoms with Gasteiger partial charge >= 0.3 is 18.0 Å². The van der Waals surface area contributed by atoms with Gasteiger partial charge in [-0.3, -0.25) is 9.59 Å². The number of hydrogen-bond donors (Lipinski definition) is 1. The van der Waals surface area contributed by atoms with Crippen LogP contribution in [-0.2, 0) is 23.8 Å². The fourth-order valence-corrected chi connectivity index (χ4v) is 2.59. The number of amides is 1. The molecule has 1 amide bonds. The summed E-state index contributed by atoms with van der Waals surface area (Å²) in [6.45, 7) is 8.18. The number of nitrogens with one attached hydrogen (secondary N) is 1. The van der Waals surface area contributed by atoms with Crippen LogP contribution >= 0.6 is 0 Å². The summed E-state index contributed by atoms with van der Waals surface area (Å²) in [6.07, 6.45) is 2.71. The molecular formula is C17H29NO6. The highest BCUT2D eigenvalue weighted by molar-refractivity contribution is 5.75. The van der Waals surface area contributed by atoms with E-state index in [0.29, 0.717) is 12.8 Å². The number of ether oxygens (including phenoxy) is 3. The highest BCUT2D eigenvalue weighted by Crippen LogP contribution is 2.31. The number of carbonyl (C=O) groups is 3. The first-order valence-corrected chi connectivity index (χ1v) is 8.39. The van der Waals surface area contributed by atoms with Crippen LogP contribution in [0.5, 0.6) is 0 Å². The van der Waals surface area contributed by atoms with Gasteiger partial charge in [0.1, 0.15) is 5.60 Å². The molecule has 0 heterocycles. The molecule has 1 N–H and O–H groups in total. The smallest absolute Gasteiger partial charge is 0.410 e. The third-order valence-electron chi connectivity index (χ3n) is 3.84. The van der Waals surface area contributed by atoms with Crippen molar-refractivity contribution in [2.45, 2.75) is 78.6 Å². The van der Waals surface area contributed by atoms with Gasteiger partial charge in [-0.05, 0) is 46.5 Å². The molecule has 1 rings (SSSR count). The normalized spacial score (nSPS) is 18.2. The van der Waals surface area contributed by atoms with Gasteiger partial charge in [0.2, 0.25) is 6.29 Å². The lowest BCUT2D eigenvalue weighted by Crippen LogP contribution is -2.48. The van der Waals surface area contributed by atoms with E-state index in [1.54, 1.807) is 20.8 Å². The third kappa shape index (κ3) is 6.76. The van der Waals surface area contributed by atoms with E-state index in [4.69, 9.17) is 14.2 Å². The molecule has 7 heteroatoms. The minimum atomic E-state index is -0.993. The number of rotatable bonds is 5. The molecule has 1 unspecified atom stereocenters. The van der Waals surface area contributed by atoms with E-state index in [9.17, 15) is 14.4 Å². The Kier molecular flexibility index (Phi) is 7.05. The molecule has 0 aliphatic heterocycles. The Morgan fingerprint density at radius 3 is 2.17 bits per heavy atom. The number of carbonyl (C=O) groups excluding carboxylic acids is 3. The molecule has 24 heavy (non-hydrogen) atoms. The minimum Gasteiger partial charge on any atom is -0.457 e. The topological polar surface area (TPSA) is 90.9 Å². The van der Waals surface area contributed by atoms with Gasteiger partial charge in [-0.25, -0.2) is 4.79 Å². The highest BCUT2D eigenvalue weighted by atomic mass is 16.7. The van der Waals surface area contributed by atoms with Gasteiger partial charge in [-0.1, -0.05) is 6.42 Å². The lowest BCUT2D eigenvalue weighted by Gasteiger charge is -2.36. The number of esters is 2. The maximum absolute atomic E-state index is 11.9. The SMILES string of the molecule is CC(=O)OC1(CNC(=O)OC(C)OC(=O)C(C)(C)C)CCCCC1. The molecule has 0 saturated heterocycles. The first-order valence-electron chi connectivity index (χ1n) is 8.39. The Labute approximate surface area is 143 Å². The summed E-state index contributed by atoms with van der Waals surface area (Å²) < 4.78 is 15.5. The molecule has 0 spiro atoms. The van der Waals surface area contributed by atoms with Crippen molar-refractivity contribution in [1.29, 1.82) is 0 Å². The zero-order valence-corrected chi connectivity index (χ0v) is 15.3. The first kappa shape index (κ1) is 20.3. The molecule has 0 aromatic heterocycles. The average Bonchev–Trinajstić information content (AvgIpc) is 2.44. The maximum Gasteiger partial charge on any atom is 0.410 e. The van der Waals surface area contributed by atoms with Gasteiger partial charge < -0.3 is 19.5 Å². The number of alkyl carbamates (subject to hydrolysis) is 1. The second kappa shape index (κ2) is 8.35. The van der Waals surface area contributed by atoms with Crippen LogP contribution in [0.2, 0.25) is 0 Å². The zero-order valence-electron chi connectivity index (χ0n) is 15.3. The summed E-state index contributed by atoms with van der Waals surface area (Å²) in [7, 11) is 0. The van der Waals surface area contributed by atoms with Crippen molar-refractivity contribution in [2.75, 3.05) is 6.54 Å². The van der Waals surface area contributed by atoms with Crippen LogP contribution in [0.1, 0.15) is 66.7 Å². The van der Waals surface area contributed by atoms with Crippen molar-refractivity contribution in [3.8, 4) is 0 Å². The lowest BCUT2D eigenvalue weighted by atomic mass is 9.84. The van der Waals surface area contributed by atoms with Crippen molar-refractivity contribution >= 4 is 18.0 Å². The van der Waals surface area contributed by atoms with Crippen LogP contribution in [0.3, 0.4) is 0 Å². The predicted molar refractivity (Wildman–Crippen MR) is 87.1 cm³/mol. The Hall–Kier alpha value is -1.79. The lowest BCUT2D eigenvalue weighted by molar-refractivity contribution is -0.175. The summed E-state index contributed by atoms with van der Waals surface area (Å²) in [5, 5.41) is 2.61. The average molecular weight is 343 g/mol. The van der Waals surface area contributed by atoms with Gasteiger partial charge in [0.05, 0.1) is 12.0 Å². The minimum absolute atomic E-state index is 0.186. The summed E-state index contributed by atoms with van der Waals surface area (Å²) in [4.78, 5) is 35.0. The van der Waals surface area contributed by atoms with Gasteiger partial charge in [0.15, 0.2) is 0 Å². The highest BCUT2D eigenvalue weighted by Gasteiger charge is 2.36. The van der Waals surface area contributed by atoms with Gasteiger partial charge in [-0.2, -0.15) is 0 Å². The van der Waals surface area contributed by atoms with E-state index in [1.807, 2.05) is 0 Å². The van der Waals surface area contributed by atoms with Crippen LogP contribution in [0.15, 0.2) is 0 Å². The predicted octanol–water partition coefficient (Wildman–Crippen LogP) is 2.91. The Morgan fingerprint density at radius 2 is 1.67 bits per heavy atom. The molecule has 0 aromatic rings. The van der Waals surface area contributed by atoms with Gasteiger partial charge in [0.25, 0.3) is 0 Å². The summed E-state index contributed by atoms with van der Waals surface area (Å²) in [5.41, 5.74) is -1.34. The third-order valence-corrected chi connectivity index (χ3v) is 3.84. The fourth-order valence-electron chi connectivity index (χ4n) is 2.59. The monoisotopic (exact) mass is 343 g/mol. The molecule has 0 bridgehead atoms. The molecular weight excluding hydrogens is 314 g/mol. The Balaban J connectivity index is 2.48.